The second-order valence-electron chi connectivity index (χ2n) is 5.45. The largest absolute Gasteiger partial charge is 0.508 e. The average molecular weight is 244 g/mol. The summed E-state index contributed by atoms with van der Waals surface area (Å²) in [6, 6.07) is 0. The van der Waals surface area contributed by atoms with E-state index in [-0.39, 0.29) is 6.10 Å². The molecule has 17 heavy (non-hydrogen) atoms. The fourth-order valence-corrected chi connectivity index (χ4v) is 1.71. The second-order valence-corrected chi connectivity index (χ2v) is 5.45. The highest BCUT2D eigenvalue weighted by molar-refractivity contribution is 5.60. The molecule has 0 N–H and O–H groups in total. The predicted molar refractivity (Wildman–Crippen MR) is 70.0 cm³/mol. The maximum atomic E-state index is 11.4. The van der Waals surface area contributed by atoms with E-state index in [9.17, 15) is 4.79 Å². The molecule has 0 aromatic rings. The van der Waals surface area contributed by atoms with E-state index in [0.717, 1.165) is 25.7 Å². The molecule has 0 aliphatic heterocycles. The first-order valence-electron chi connectivity index (χ1n) is 6.79. The highest BCUT2D eigenvalue weighted by atomic mass is 16.7. The van der Waals surface area contributed by atoms with Crippen molar-refractivity contribution in [3.8, 4) is 0 Å². The lowest BCUT2D eigenvalue weighted by Gasteiger charge is -2.21. The molecule has 0 saturated heterocycles. The molecule has 0 spiro atoms. The Morgan fingerprint density at radius 2 is 1.59 bits per heavy atom. The van der Waals surface area contributed by atoms with Crippen LogP contribution in [-0.4, -0.2) is 18.9 Å². The molecule has 0 aliphatic rings. The molecule has 3 nitrogen and oxygen atoms in total. The Hall–Kier alpha value is -0.730. The van der Waals surface area contributed by atoms with Crippen LogP contribution < -0.4 is 0 Å². The molecular weight excluding hydrogens is 216 g/mol. The first-order chi connectivity index (χ1) is 7.95. The van der Waals surface area contributed by atoms with Gasteiger partial charge in [-0.2, -0.15) is 0 Å². The smallest absolute Gasteiger partial charge is 0.434 e. The lowest BCUT2D eigenvalue weighted by atomic mass is 9.98. The number of unbranched alkanes of at least 4 members (excludes halogenated alkanes) is 1. The van der Waals surface area contributed by atoms with Crippen LogP contribution in [0.4, 0.5) is 4.79 Å². The van der Waals surface area contributed by atoms with Crippen molar-refractivity contribution >= 4 is 6.16 Å². The van der Waals surface area contributed by atoms with Gasteiger partial charge in [0.05, 0.1) is 6.61 Å². The van der Waals surface area contributed by atoms with Gasteiger partial charge < -0.3 is 9.47 Å². The minimum Gasteiger partial charge on any atom is -0.434 e. The van der Waals surface area contributed by atoms with Gasteiger partial charge in [-0.3, -0.25) is 0 Å². The normalized spacial score (nSPS) is 11.3. The lowest BCUT2D eigenvalue weighted by Crippen LogP contribution is -2.22. The first kappa shape index (κ1) is 16.3. The third-order valence-corrected chi connectivity index (χ3v) is 2.45. The third-order valence-electron chi connectivity index (χ3n) is 2.45. The molecule has 102 valence electrons. The zero-order chi connectivity index (χ0) is 13.3. The molecule has 0 rings (SSSR count). The third kappa shape index (κ3) is 10.2. The lowest BCUT2D eigenvalue weighted by molar-refractivity contribution is 0.00943. The maximum absolute atomic E-state index is 11.4. The summed E-state index contributed by atoms with van der Waals surface area (Å²) in [5.41, 5.74) is 0. The minimum atomic E-state index is -0.509. The summed E-state index contributed by atoms with van der Waals surface area (Å²) >= 11 is 0. The Labute approximate surface area is 106 Å². The van der Waals surface area contributed by atoms with E-state index in [1.807, 2.05) is 0 Å². The van der Waals surface area contributed by atoms with Crippen molar-refractivity contribution in [3.05, 3.63) is 0 Å². The summed E-state index contributed by atoms with van der Waals surface area (Å²) in [6.45, 7) is 11.1. The van der Waals surface area contributed by atoms with E-state index in [0.29, 0.717) is 18.4 Å². The zero-order valence-electron chi connectivity index (χ0n) is 12.0. The van der Waals surface area contributed by atoms with Crippen molar-refractivity contribution in [2.75, 3.05) is 6.61 Å². The van der Waals surface area contributed by atoms with E-state index >= 15 is 0 Å². The van der Waals surface area contributed by atoms with Crippen molar-refractivity contribution in [1.29, 1.82) is 0 Å². The van der Waals surface area contributed by atoms with Gasteiger partial charge >= 0.3 is 6.16 Å². The molecule has 3 heteroatoms. The zero-order valence-corrected chi connectivity index (χ0v) is 12.0. The van der Waals surface area contributed by atoms with Crippen molar-refractivity contribution in [2.45, 2.75) is 66.4 Å². The van der Waals surface area contributed by atoms with Crippen LogP contribution in [0.1, 0.15) is 60.3 Å². The van der Waals surface area contributed by atoms with Crippen LogP contribution in [-0.2, 0) is 9.47 Å². The van der Waals surface area contributed by atoms with Gasteiger partial charge in [0.1, 0.15) is 6.10 Å². The summed E-state index contributed by atoms with van der Waals surface area (Å²) in [6.07, 6.45) is 3.21. The summed E-state index contributed by atoms with van der Waals surface area (Å²) in [5, 5.41) is 0. The molecule has 0 atom stereocenters. The van der Waals surface area contributed by atoms with Gasteiger partial charge in [-0.15, -0.1) is 0 Å². The van der Waals surface area contributed by atoms with Gasteiger partial charge in [0.2, 0.25) is 0 Å². The molecule has 0 unspecified atom stereocenters. The van der Waals surface area contributed by atoms with Gasteiger partial charge in [0, 0.05) is 0 Å². The number of hydrogen-bond acceptors (Lipinski definition) is 3. The molecule has 0 amide bonds. The van der Waals surface area contributed by atoms with E-state index in [1.165, 1.54) is 0 Å². The number of rotatable bonds is 8. The van der Waals surface area contributed by atoms with Crippen LogP contribution in [0.2, 0.25) is 0 Å². The molecule has 0 fully saturated rings. The summed E-state index contributed by atoms with van der Waals surface area (Å²) < 4.78 is 10.4. The Balaban J connectivity index is 3.99. The van der Waals surface area contributed by atoms with Gasteiger partial charge in [-0.05, 0) is 31.1 Å². The minimum absolute atomic E-state index is 0.0101. The SMILES string of the molecule is CCCCOC(=O)OC(CC(C)C)CC(C)C. The van der Waals surface area contributed by atoms with E-state index < -0.39 is 6.16 Å². The Kier molecular flexibility index (Phi) is 8.92. The maximum Gasteiger partial charge on any atom is 0.508 e. The highest BCUT2D eigenvalue weighted by Gasteiger charge is 2.18. The summed E-state index contributed by atoms with van der Waals surface area (Å²) in [7, 11) is 0. The van der Waals surface area contributed by atoms with Gasteiger partial charge in [0.25, 0.3) is 0 Å². The van der Waals surface area contributed by atoms with Gasteiger partial charge in [-0.1, -0.05) is 41.0 Å². The van der Waals surface area contributed by atoms with Crippen LogP contribution in [0.5, 0.6) is 0 Å². The molecule has 0 bridgehead atoms. The molecule has 0 heterocycles. The Morgan fingerprint density at radius 1 is 1.06 bits per heavy atom. The van der Waals surface area contributed by atoms with Gasteiger partial charge in [-0.25, -0.2) is 4.79 Å². The number of carbonyl (C=O) groups is 1. The quantitative estimate of drug-likeness (QED) is 0.469. The van der Waals surface area contributed by atoms with Crippen molar-refractivity contribution < 1.29 is 14.3 Å². The van der Waals surface area contributed by atoms with Crippen molar-refractivity contribution in [3.63, 3.8) is 0 Å². The Morgan fingerprint density at radius 3 is 2.00 bits per heavy atom. The molecule has 0 aromatic carbocycles. The second kappa shape index (κ2) is 9.32. The summed E-state index contributed by atoms with van der Waals surface area (Å²) in [5.74, 6) is 1.06. The van der Waals surface area contributed by atoms with E-state index in [4.69, 9.17) is 9.47 Å². The van der Waals surface area contributed by atoms with E-state index in [1.54, 1.807) is 0 Å². The standard InChI is InChI=1S/C14H28O3/c1-6-7-8-16-14(15)17-13(9-11(2)3)10-12(4)5/h11-13H,6-10H2,1-5H3. The average Bonchev–Trinajstić information content (AvgIpc) is 2.15. The molecule has 0 aromatic heterocycles. The van der Waals surface area contributed by atoms with Crippen LogP contribution >= 0.6 is 0 Å². The van der Waals surface area contributed by atoms with Crippen LogP contribution in [0.25, 0.3) is 0 Å². The fraction of sp³-hybridized carbons (Fsp3) is 0.929. The van der Waals surface area contributed by atoms with Crippen molar-refractivity contribution in [2.24, 2.45) is 11.8 Å². The fourth-order valence-electron chi connectivity index (χ4n) is 1.71. The summed E-state index contributed by atoms with van der Waals surface area (Å²) in [4.78, 5) is 11.4. The van der Waals surface area contributed by atoms with Crippen LogP contribution in [0, 0.1) is 11.8 Å². The molecule has 0 saturated carbocycles. The number of hydrogen-bond donors (Lipinski definition) is 0. The van der Waals surface area contributed by atoms with Crippen LogP contribution in [0.15, 0.2) is 0 Å². The van der Waals surface area contributed by atoms with Gasteiger partial charge in [0.15, 0.2) is 0 Å². The van der Waals surface area contributed by atoms with Crippen LogP contribution in [0.3, 0.4) is 0 Å². The van der Waals surface area contributed by atoms with Crippen molar-refractivity contribution in [1.82, 2.24) is 0 Å². The topological polar surface area (TPSA) is 35.5 Å². The molecule has 0 radical (unpaired) electrons. The Bertz CT molecular complexity index is 190. The van der Waals surface area contributed by atoms with E-state index in [2.05, 4.69) is 34.6 Å². The number of carbonyl (C=O) groups excluding carboxylic acids is 1. The molecule has 0 aliphatic carbocycles. The predicted octanol–water partition coefficient (Wildman–Crippen LogP) is 4.40. The first-order valence-corrected chi connectivity index (χ1v) is 6.79. The molecular formula is C14H28O3. The monoisotopic (exact) mass is 244 g/mol. The number of ether oxygens (including phenoxy) is 2. The highest BCUT2D eigenvalue weighted by Crippen LogP contribution is 2.17.